The summed E-state index contributed by atoms with van der Waals surface area (Å²) in [4.78, 5) is 11.0. The second kappa shape index (κ2) is 7.63. The Morgan fingerprint density at radius 2 is 2.23 bits per heavy atom. The number of rotatable bonds is 6. The minimum atomic E-state index is 0.0310. The van der Waals surface area contributed by atoms with Gasteiger partial charge >= 0.3 is 0 Å². The predicted molar refractivity (Wildman–Crippen MR) is 54.2 cm³/mol. The van der Waals surface area contributed by atoms with Crippen LogP contribution in [0.5, 0.6) is 0 Å². The molecule has 3 nitrogen and oxygen atoms in total. The fraction of sp³-hybridized carbons (Fsp3) is 0.700. The molecule has 1 amide bonds. The third-order valence-electron chi connectivity index (χ3n) is 1.52. The largest absolute Gasteiger partial charge is 0.345 e. The second-order valence-electron chi connectivity index (χ2n) is 3.19. The maximum atomic E-state index is 11.0. The van der Waals surface area contributed by atoms with Crippen LogP contribution in [0.1, 0.15) is 26.7 Å². The maximum absolute atomic E-state index is 11.0. The molecule has 0 spiro atoms. The van der Waals surface area contributed by atoms with Crippen molar-refractivity contribution in [1.29, 1.82) is 0 Å². The van der Waals surface area contributed by atoms with Crippen molar-refractivity contribution in [2.45, 2.75) is 32.7 Å². The molecular weight excluding hydrogens is 164 g/mol. The molecule has 0 radical (unpaired) electrons. The van der Waals surface area contributed by atoms with Crippen molar-refractivity contribution in [2.24, 2.45) is 0 Å². The van der Waals surface area contributed by atoms with Gasteiger partial charge in [0.2, 0.25) is 5.91 Å². The quantitative estimate of drug-likeness (QED) is 0.464. The van der Waals surface area contributed by atoms with Crippen LogP contribution in [0.15, 0.2) is 0 Å². The van der Waals surface area contributed by atoms with E-state index in [1.165, 1.54) is 0 Å². The number of hydrogen-bond acceptors (Lipinski definition) is 2. The molecule has 0 fully saturated rings. The van der Waals surface area contributed by atoms with Gasteiger partial charge in [0.15, 0.2) is 0 Å². The van der Waals surface area contributed by atoms with Crippen LogP contribution in [0.2, 0.25) is 0 Å². The van der Waals surface area contributed by atoms with E-state index in [1.54, 1.807) is 0 Å². The van der Waals surface area contributed by atoms with E-state index < -0.39 is 0 Å². The van der Waals surface area contributed by atoms with E-state index in [2.05, 4.69) is 30.4 Å². The SMILES string of the molecule is C#CCNC(=O)CCCNC(C)C. The highest BCUT2D eigenvalue weighted by molar-refractivity contribution is 5.76. The number of nitrogens with one attached hydrogen (secondary N) is 2. The summed E-state index contributed by atoms with van der Waals surface area (Å²) in [5, 5.41) is 5.85. The molecule has 0 aliphatic heterocycles. The minimum Gasteiger partial charge on any atom is -0.345 e. The van der Waals surface area contributed by atoms with Crippen LogP contribution in [0.25, 0.3) is 0 Å². The van der Waals surface area contributed by atoms with Crippen molar-refractivity contribution in [3.63, 3.8) is 0 Å². The van der Waals surface area contributed by atoms with E-state index in [9.17, 15) is 4.79 Å². The number of carbonyl (C=O) groups excluding carboxylic acids is 1. The molecule has 0 aliphatic carbocycles. The van der Waals surface area contributed by atoms with Crippen LogP contribution in [0, 0.1) is 12.3 Å². The van der Waals surface area contributed by atoms with Crippen LogP contribution in [-0.2, 0) is 4.79 Å². The lowest BCUT2D eigenvalue weighted by molar-refractivity contribution is -0.120. The Labute approximate surface area is 80.3 Å². The molecule has 0 aromatic carbocycles. The average molecular weight is 182 g/mol. The third kappa shape index (κ3) is 8.90. The maximum Gasteiger partial charge on any atom is 0.220 e. The molecule has 0 atom stereocenters. The number of terminal acetylenes is 1. The monoisotopic (exact) mass is 182 g/mol. The van der Waals surface area contributed by atoms with Gasteiger partial charge in [0, 0.05) is 12.5 Å². The first-order chi connectivity index (χ1) is 6.16. The number of carbonyl (C=O) groups is 1. The number of hydrogen-bond donors (Lipinski definition) is 2. The lowest BCUT2D eigenvalue weighted by Gasteiger charge is -2.06. The zero-order valence-corrected chi connectivity index (χ0v) is 8.39. The summed E-state index contributed by atoms with van der Waals surface area (Å²) in [5.74, 6) is 2.39. The van der Waals surface area contributed by atoms with E-state index in [0.29, 0.717) is 19.0 Å². The molecule has 0 unspecified atom stereocenters. The Morgan fingerprint density at radius 3 is 2.77 bits per heavy atom. The molecule has 0 rings (SSSR count). The van der Waals surface area contributed by atoms with Crippen molar-refractivity contribution >= 4 is 5.91 Å². The Morgan fingerprint density at radius 1 is 1.54 bits per heavy atom. The predicted octanol–water partition coefficient (Wildman–Crippen LogP) is 0.514. The van der Waals surface area contributed by atoms with Gasteiger partial charge in [-0.05, 0) is 13.0 Å². The molecule has 0 saturated heterocycles. The summed E-state index contributed by atoms with van der Waals surface area (Å²) in [6.07, 6.45) is 6.39. The highest BCUT2D eigenvalue weighted by atomic mass is 16.1. The van der Waals surface area contributed by atoms with Crippen LogP contribution in [0.4, 0.5) is 0 Å². The highest BCUT2D eigenvalue weighted by Crippen LogP contribution is 1.87. The van der Waals surface area contributed by atoms with Crippen molar-refractivity contribution in [3.05, 3.63) is 0 Å². The topological polar surface area (TPSA) is 41.1 Å². The summed E-state index contributed by atoms with van der Waals surface area (Å²) in [7, 11) is 0. The molecule has 13 heavy (non-hydrogen) atoms. The number of amides is 1. The molecule has 3 heteroatoms. The van der Waals surface area contributed by atoms with Crippen molar-refractivity contribution in [1.82, 2.24) is 10.6 Å². The molecule has 0 aromatic rings. The van der Waals surface area contributed by atoms with E-state index in [0.717, 1.165) is 13.0 Å². The molecule has 0 saturated carbocycles. The standard InChI is InChI=1S/C10H18N2O/c1-4-7-12-10(13)6-5-8-11-9(2)3/h1,9,11H,5-8H2,2-3H3,(H,12,13). The van der Waals surface area contributed by atoms with E-state index >= 15 is 0 Å². The summed E-state index contributed by atoms with van der Waals surface area (Å²) < 4.78 is 0. The molecule has 0 bridgehead atoms. The molecule has 0 aromatic heterocycles. The lowest BCUT2D eigenvalue weighted by Crippen LogP contribution is -2.27. The fourth-order valence-corrected chi connectivity index (χ4v) is 0.878. The van der Waals surface area contributed by atoms with Gasteiger partial charge in [0.05, 0.1) is 6.54 Å². The molecule has 0 aliphatic rings. The van der Waals surface area contributed by atoms with Gasteiger partial charge < -0.3 is 10.6 Å². The van der Waals surface area contributed by atoms with Gasteiger partial charge in [-0.1, -0.05) is 19.8 Å². The Hall–Kier alpha value is -1.01. The molecule has 2 N–H and O–H groups in total. The lowest BCUT2D eigenvalue weighted by atomic mass is 10.3. The summed E-state index contributed by atoms with van der Waals surface area (Å²) in [6, 6.07) is 0.480. The average Bonchev–Trinajstić information content (AvgIpc) is 2.08. The Bertz CT molecular complexity index is 182. The summed E-state index contributed by atoms with van der Waals surface area (Å²) >= 11 is 0. The molecular formula is C10H18N2O. The minimum absolute atomic E-state index is 0.0310. The Balaban J connectivity index is 3.23. The first kappa shape index (κ1) is 12.0. The Kier molecular flexibility index (Phi) is 7.04. The van der Waals surface area contributed by atoms with E-state index in [-0.39, 0.29) is 5.91 Å². The van der Waals surface area contributed by atoms with E-state index in [4.69, 9.17) is 6.42 Å². The summed E-state index contributed by atoms with van der Waals surface area (Å²) in [6.45, 7) is 5.37. The van der Waals surface area contributed by atoms with Gasteiger partial charge in [-0.25, -0.2) is 0 Å². The zero-order valence-electron chi connectivity index (χ0n) is 8.39. The molecule has 0 heterocycles. The third-order valence-corrected chi connectivity index (χ3v) is 1.52. The van der Waals surface area contributed by atoms with Crippen molar-refractivity contribution in [2.75, 3.05) is 13.1 Å². The van der Waals surface area contributed by atoms with E-state index in [1.807, 2.05) is 0 Å². The van der Waals surface area contributed by atoms with Crippen molar-refractivity contribution < 1.29 is 4.79 Å². The van der Waals surface area contributed by atoms with Gasteiger partial charge in [-0.2, -0.15) is 0 Å². The van der Waals surface area contributed by atoms with Gasteiger partial charge in [-0.15, -0.1) is 6.42 Å². The van der Waals surface area contributed by atoms with Crippen LogP contribution in [-0.4, -0.2) is 25.0 Å². The van der Waals surface area contributed by atoms with Gasteiger partial charge in [0.25, 0.3) is 0 Å². The van der Waals surface area contributed by atoms with Crippen molar-refractivity contribution in [3.8, 4) is 12.3 Å². The van der Waals surface area contributed by atoms with Gasteiger partial charge in [-0.3, -0.25) is 4.79 Å². The van der Waals surface area contributed by atoms with Crippen LogP contribution >= 0.6 is 0 Å². The molecule has 74 valence electrons. The van der Waals surface area contributed by atoms with Crippen LogP contribution in [0.3, 0.4) is 0 Å². The van der Waals surface area contributed by atoms with Crippen LogP contribution < -0.4 is 10.6 Å². The summed E-state index contributed by atoms with van der Waals surface area (Å²) in [5.41, 5.74) is 0. The zero-order chi connectivity index (χ0) is 10.1. The van der Waals surface area contributed by atoms with Gasteiger partial charge in [0.1, 0.15) is 0 Å². The first-order valence-corrected chi connectivity index (χ1v) is 4.60. The highest BCUT2D eigenvalue weighted by Gasteiger charge is 1.98. The first-order valence-electron chi connectivity index (χ1n) is 4.60. The fourth-order valence-electron chi connectivity index (χ4n) is 0.878. The second-order valence-corrected chi connectivity index (χ2v) is 3.19. The normalized spacial score (nSPS) is 9.69. The smallest absolute Gasteiger partial charge is 0.220 e.